The van der Waals surface area contributed by atoms with Crippen LogP contribution in [0.25, 0.3) is 0 Å². The van der Waals surface area contributed by atoms with Gasteiger partial charge in [-0.05, 0) is 35.5 Å². The van der Waals surface area contributed by atoms with Gasteiger partial charge in [0.1, 0.15) is 0 Å². The van der Waals surface area contributed by atoms with E-state index in [-0.39, 0.29) is 11.2 Å². The lowest BCUT2D eigenvalue weighted by Gasteiger charge is -2.14. The number of hydrogen-bond donors (Lipinski definition) is 0. The van der Waals surface area contributed by atoms with E-state index in [4.69, 9.17) is 11.6 Å². The summed E-state index contributed by atoms with van der Waals surface area (Å²) in [5.74, 6) is 0.0839. The zero-order valence-corrected chi connectivity index (χ0v) is 11.1. The van der Waals surface area contributed by atoms with Gasteiger partial charge in [0, 0.05) is 17.2 Å². The van der Waals surface area contributed by atoms with Crippen molar-refractivity contribution in [3.63, 3.8) is 0 Å². The van der Waals surface area contributed by atoms with E-state index in [0.717, 1.165) is 5.56 Å². The molecule has 0 N–H and O–H groups in total. The number of hydrogen-bond acceptors (Lipinski definition) is 2. The summed E-state index contributed by atoms with van der Waals surface area (Å²) in [6, 6.07) is 12.3. The third-order valence-electron chi connectivity index (χ3n) is 2.73. The van der Waals surface area contributed by atoms with Gasteiger partial charge in [0.15, 0.2) is 0 Å². The van der Waals surface area contributed by atoms with Crippen LogP contribution in [-0.2, 0) is 4.79 Å². The van der Waals surface area contributed by atoms with Gasteiger partial charge in [0.25, 0.3) is 0 Å². The molecule has 1 aromatic carbocycles. The Kier molecular flexibility index (Phi) is 3.97. The average Bonchev–Trinajstić information content (AvgIpc) is 2.80. The maximum atomic E-state index is 11.2. The normalized spacial score (nSPS) is 12.4. The van der Waals surface area contributed by atoms with Crippen LogP contribution in [0.4, 0.5) is 0 Å². The molecule has 1 unspecified atom stereocenters. The van der Waals surface area contributed by atoms with Crippen LogP contribution < -0.4 is 0 Å². The topological polar surface area (TPSA) is 17.1 Å². The lowest BCUT2D eigenvalue weighted by atomic mass is 9.94. The third kappa shape index (κ3) is 3.18. The molecule has 1 heterocycles. The van der Waals surface area contributed by atoms with Gasteiger partial charge >= 0.3 is 0 Å². The van der Waals surface area contributed by atoms with Gasteiger partial charge in [-0.15, -0.1) is 11.3 Å². The van der Waals surface area contributed by atoms with Crippen LogP contribution in [0, 0.1) is 6.92 Å². The molecule has 3 heteroatoms. The molecule has 0 aliphatic rings. The van der Waals surface area contributed by atoms with E-state index >= 15 is 0 Å². The number of rotatable bonds is 4. The number of benzene rings is 1. The second kappa shape index (κ2) is 5.48. The molecule has 0 aliphatic carbocycles. The minimum atomic E-state index is -0.288. The molecule has 0 saturated heterocycles. The van der Waals surface area contributed by atoms with Crippen molar-refractivity contribution < 1.29 is 4.79 Å². The van der Waals surface area contributed by atoms with Crippen molar-refractivity contribution in [1.29, 1.82) is 0 Å². The van der Waals surface area contributed by atoms with Gasteiger partial charge in [0.2, 0.25) is 5.24 Å². The molecular weight excluding hydrogens is 252 g/mol. The Bertz CT molecular complexity index is 487. The summed E-state index contributed by atoms with van der Waals surface area (Å²) in [7, 11) is 0. The number of carbonyl (C=O) groups excluding carboxylic acids is 1. The summed E-state index contributed by atoms with van der Waals surface area (Å²) in [5.41, 5.74) is 2.36. The quantitative estimate of drug-likeness (QED) is 0.751. The Morgan fingerprint density at radius 1 is 1.29 bits per heavy atom. The number of halogens is 1. The van der Waals surface area contributed by atoms with E-state index in [1.54, 1.807) is 11.3 Å². The number of aryl methyl sites for hydroxylation is 1. The van der Waals surface area contributed by atoms with Gasteiger partial charge in [-0.1, -0.05) is 35.9 Å². The first-order chi connectivity index (χ1) is 8.16. The molecular formula is C14H13ClOS. The summed E-state index contributed by atoms with van der Waals surface area (Å²) in [6.07, 6.45) is 0.352. The van der Waals surface area contributed by atoms with Crippen molar-refractivity contribution in [3.8, 4) is 0 Å². The van der Waals surface area contributed by atoms with Gasteiger partial charge in [-0.25, -0.2) is 0 Å². The predicted molar refractivity (Wildman–Crippen MR) is 72.8 cm³/mol. The first kappa shape index (κ1) is 12.3. The lowest BCUT2D eigenvalue weighted by molar-refractivity contribution is -0.111. The van der Waals surface area contributed by atoms with E-state index in [1.165, 1.54) is 10.4 Å². The fourth-order valence-corrected chi connectivity index (χ4v) is 2.84. The maximum Gasteiger partial charge on any atom is 0.222 e. The van der Waals surface area contributed by atoms with E-state index in [0.29, 0.717) is 6.42 Å². The molecule has 0 spiro atoms. The van der Waals surface area contributed by atoms with E-state index in [1.807, 2.05) is 11.4 Å². The molecule has 2 aromatic rings. The summed E-state index contributed by atoms with van der Waals surface area (Å²) in [4.78, 5) is 12.3. The van der Waals surface area contributed by atoms with Crippen LogP contribution in [0.2, 0.25) is 0 Å². The minimum Gasteiger partial charge on any atom is -0.281 e. The standard InChI is InChI=1S/C14H13ClOS/c1-10-4-6-11(7-5-10)12(9-14(15)16)13-3-2-8-17-13/h2-8,12H,9H2,1H3. The molecule has 0 radical (unpaired) electrons. The van der Waals surface area contributed by atoms with Gasteiger partial charge in [0.05, 0.1) is 0 Å². The fourth-order valence-electron chi connectivity index (χ4n) is 1.83. The van der Waals surface area contributed by atoms with Crippen LogP contribution >= 0.6 is 22.9 Å². The first-order valence-electron chi connectivity index (χ1n) is 5.45. The van der Waals surface area contributed by atoms with Crippen molar-refractivity contribution in [2.75, 3.05) is 0 Å². The van der Waals surface area contributed by atoms with Crippen LogP contribution in [0.1, 0.15) is 28.3 Å². The SMILES string of the molecule is Cc1ccc(C(CC(=O)Cl)c2cccs2)cc1. The summed E-state index contributed by atoms with van der Waals surface area (Å²) >= 11 is 7.20. The molecule has 0 amide bonds. The zero-order valence-electron chi connectivity index (χ0n) is 9.52. The van der Waals surface area contributed by atoms with Crippen molar-refractivity contribution in [3.05, 3.63) is 57.8 Å². The maximum absolute atomic E-state index is 11.2. The van der Waals surface area contributed by atoms with Crippen LogP contribution in [0.5, 0.6) is 0 Å². The molecule has 0 fully saturated rings. The second-order valence-electron chi connectivity index (χ2n) is 4.04. The highest BCUT2D eigenvalue weighted by molar-refractivity contribution is 7.10. The number of thiophene rings is 1. The molecule has 0 bridgehead atoms. The van der Waals surface area contributed by atoms with Crippen LogP contribution in [0.15, 0.2) is 41.8 Å². The van der Waals surface area contributed by atoms with Gasteiger partial charge in [-0.3, -0.25) is 4.79 Å². The fraction of sp³-hybridized carbons (Fsp3) is 0.214. The van der Waals surface area contributed by atoms with Crippen LogP contribution in [-0.4, -0.2) is 5.24 Å². The van der Waals surface area contributed by atoms with E-state index in [2.05, 4.69) is 37.3 Å². The Morgan fingerprint density at radius 3 is 2.53 bits per heavy atom. The van der Waals surface area contributed by atoms with Gasteiger partial charge in [-0.2, -0.15) is 0 Å². The molecule has 0 aliphatic heterocycles. The Labute approximate surface area is 110 Å². The molecule has 1 aromatic heterocycles. The van der Waals surface area contributed by atoms with E-state index < -0.39 is 0 Å². The Balaban J connectivity index is 2.33. The summed E-state index contributed by atoms with van der Waals surface area (Å²) in [5, 5.41) is 1.74. The average molecular weight is 265 g/mol. The molecule has 88 valence electrons. The molecule has 17 heavy (non-hydrogen) atoms. The molecule has 1 atom stereocenters. The molecule has 2 rings (SSSR count). The monoisotopic (exact) mass is 264 g/mol. The highest BCUT2D eigenvalue weighted by Crippen LogP contribution is 2.32. The van der Waals surface area contributed by atoms with Crippen molar-refractivity contribution in [2.24, 2.45) is 0 Å². The predicted octanol–water partition coefficient (Wildman–Crippen LogP) is 4.34. The second-order valence-corrected chi connectivity index (χ2v) is 5.44. The highest BCUT2D eigenvalue weighted by atomic mass is 35.5. The van der Waals surface area contributed by atoms with Crippen molar-refractivity contribution in [2.45, 2.75) is 19.3 Å². The summed E-state index contributed by atoms with van der Waals surface area (Å²) < 4.78 is 0. The number of carbonyl (C=O) groups is 1. The molecule has 0 saturated carbocycles. The smallest absolute Gasteiger partial charge is 0.222 e. The Hall–Kier alpha value is -1.12. The lowest BCUT2D eigenvalue weighted by Crippen LogP contribution is -2.03. The minimum absolute atomic E-state index is 0.0839. The zero-order chi connectivity index (χ0) is 12.3. The first-order valence-corrected chi connectivity index (χ1v) is 6.71. The Morgan fingerprint density at radius 2 is 2.00 bits per heavy atom. The summed E-state index contributed by atoms with van der Waals surface area (Å²) in [6.45, 7) is 2.05. The largest absolute Gasteiger partial charge is 0.281 e. The highest BCUT2D eigenvalue weighted by Gasteiger charge is 2.17. The van der Waals surface area contributed by atoms with Crippen molar-refractivity contribution in [1.82, 2.24) is 0 Å². The molecule has 1 nitrogen and oxygen atoms in total. The van der Waals surface area contributed by atoms with Crippen LogP contribution in [0.3, 0.4) is 0 Å². The third-order valence-corrected chi connectivity index (χ3v) is 3.87. The van der Waals surface area contributed by atoms with E-state index in [9.17, 15) is 4.79 Å². The van der Waals surface area contributed by atoms with Crippen molar-refractivity contribution >= 4 is 28.2 Å². The van der Waals surface area contributed by atoms with Gasteiger partial charge < -0.3 is 0 Å².